The number of anilines is 1. The monoisotopic (exact) mass is 305 g/mol. The third-order valence-electron chi connectivity index (χ3n) is 2.89. The van der Waals surface area contributed by atoms with Crippen LogP contribution in [0.25, 0.3) is 5.69 Å². The van der Waals surface area contributed by atoms with Gasteiger partial charge in [-0.2, -0.15) is 0 Å². The Morgan fingerprint density at radius 3 is 2.85 bits per heavy atom. The third kappa shape index (κ3) is 2.81. The quantitative estimate of drug-likeness (QED) is 0.803. The first-order valence-electron chi connectivity index (χ1n) is 6.04. The standard InChI is InChI=1S/C13H12ClN5S/c1-9-6-10(15-7-11-3-5-13(14)20-11)2-4-12(9)19-8-16-17-18-19/h2-6,8,15H,7H2,1H3. The van der Waals surface area contributed by atoms with Crippen LogP contribution in [-0.4, -0.2) is 20.2 Å². The van der Waals surface area contributed by atoms with E-state index in [0.717, 1.165) is 27.8 Å². The maximum Gasteiger partial charge on any atom is 0.143 e. The number of hydrogen-bond acceptors (Lipinski definition) is 5. The Labute approximate surface area is 125 Å². The van der Waals surface area contributed by atoms with Gasteiger partial charge in [-0.05, 0) is 53.2 Å². The molecule has 2 heterocycles. The number of aryl methyl sites for hydroxylation is 1. The summed E-state index contributed by atoms with van der Waals surface area (Å²) in [5, 5.41) is 14.6. The summed E-state index contributed by atoms with van der Waals surface area (Å²) in [6.45, 7) is 2.80. The highest BCUT2D eigenvalue weighted by Gasteiger charge is 2.04. The molecule has 5 nitrogen and oxygen atoms in total. The lowest BCUT2D eigenvalue weighted by molar-refractivity contribution is 0.785. The van der Waals surface area contributed by atoms with Crippen LogP contribution in [0.4, 0.5) is 5.69 Å². The van der Waals surface area contributed by atoms with Crippen molar-refractivity contribution >= 4 is 28.6 Å². The Bertz CT molecular complexity index is 707. The van der Waals surface area contributed by atoms with E-state index in [1.54, 1.807) is 22.3 Å². The van der Waals surface area contributed by atoms with Crippen LogP contribution in [0.3, 0.4) is 0 Å². The summed E-state index contributed by atoms with van der Waals surface area (Å²) in [6, 6.07) is 10.0. The topological polar surface area (TPSA) is 55.6 Å². The third-order valence-corrected chi connectivity index (χ3v) is 4.12. The minimum atomic E-state index is 0.765. The highest BCUT2D eigenvalue weighted by molar-refractivity contribution is 7.16. The number of halogens is 1. The first-order valence-corrected chi connectivity index (χ1v) is 7.24. The molecule has 0 aliphatic carbocycles. The van der Waals surface area contributed by atoms with E-state index in [4.69, 9.17) is 11.6 Å². The molecule has 3 aromatic rings. The number of aromatic nitrogens is 4. The number of hydrogen-bond donors (Lipinski definition) is 1. The van der Waals surface area contributed by atoms with Gasteiger partial charge in [0.25, 0.3) is 0 Å². The summed E-state index contributed by atoms with van der Waals surface area (Å²) < 4.78 is 2.46. The molecule has 3 rings (SSSR count). The average molecular weight is 306 g/mol. The maximum atomic E-state index is 5.91. The molecule has 0 saturated carbocycles. The van der Waals surface area contributed by atoms with E-state index in [2.05, 4.69) is 26.9 Å². The van der Waals surface area contributed by atoms with Crippen molar-refractivity contribution in [3.8, 4) is 5.69 Å². The molecule has 0 aliphatic heterocycles. The molecule has 20 heavy (non-hydrogen) atoms. The van der Waals surface area contributed by atoms with E-state index in [9.17, 15) is 0 Å². The van der Waals surface area contributed by atoms with Crippen LogP contribution >= 0.6 is 22.9 Å². The van der Waals surface area contributed by atoms with Gasteiger partial charge in [-0.3, -0.25) is 0 Å². The summed E-state index contributed by atoms with van der Waals surface area (Å²) in [7, 11) is 0. The first kappa shape index (κ1) is 13.1. The van der Waals surface area contributed by atoms with Gasteiger partial charge in [0.15, 0.2) is 0 Å². The summed E-state index contributed by atoms with van der Waals surface area (Å²) >= 11 is 7.50. The summed E-state index contributed by atoms with van der Waals surface area (Å²) in [4.78, 5) is 1.21. The molecule has 1 N–H and O–H groups in total. The van der Waals surface area contributed by atoms with Crippen molar-refractivity contribution in [2.24, 2.45) is 0 Å². The van der Waals surface area contributed by atoms with E-state index < -0.39 is 0 Å². The number of nitrogens with zero attached hydrogens (tertiary/aromatic N) is 4. The van der Waals surface area contributed by atoms with Crippen molar-refractivity contribution in [3.05, 3.63) is 51.4 Å². The van der Waals surface area contributed by atoms with Gasteiger partial charge in [0, 0.05) is 17.1 Å². The SMILES string of the molecule is Cc1cc(NCc2ccc(Cl)s2)ccc1-n1cnnn1. The number of tetrazole rings is 1. The molecule has 102 valence electrons. The van der Waals surface area contributed by atoms with Gasteiger partial charge in [0.2, 0.25) is 0 Å². The largest absolute Gasteiger partial charge is 0.380 e. The Kier molecular flexibility index (Phi) is 3.66. The first-order chi connectivity index (χ1) is 9.72. The highest BCUT2D eigenvalue weighted by Crippen LogP contribution is 2.23. The van der Waals surface area contributed by atoms with Crippen molar-refractivity contribution in [3.63, 3.8) is 0 Å². The van der Waals surface area contributed by atoms with Crippen LogP contribution in [-0.2, 0) is 6.54 Å². The zero-order valence-corrected chi connectivity index (χ0v) is 12.3. The lowest BCUT2D eigenvalue weighted by Gasteiger charge is -2.09. The zero-order valence-electron chi connectivity index (χ0n) is 10.7. The lowest BCUT2D eigenvalue weighted by atomic mass is 10.2. The second-order valence-corrected chi connectivity index (χ2v) is 6.11. The van der Waals surface area contributed by atoms with Crippen LogP contribution in [0, 0.1) is 6.92 Å². The van der Waals surface area contributed by atoms with E-state index >= 15 is 0 Å². The van der Waals surface area contributed by atoms with Gasteiger partial charge in [-0.15, -0.1) is 16.4 Å². The molecule has 0 bridgehead atoms. The summed E-state index contributed by atoms with van der Waals surface area (Å²) in [5.41, 5.74) is 3.13. The second-order valence-electron chi connectivity index (χ2n) is 4.32. The fourth-order valence-electron chi connectivity index (χ4n) is 1.93. The molecule has 2 aromatic heterocycles. The molecule has 0 saturated heterocycles. The number of nitrogens with one attached hydrogen (secondary N) is 1. The molecule has 0 spiro atoms. The van der Waals surface area contributed by atoms with Gasteiger partial charge in [0.05, 0.1) is 10.0 Å². The van der Waals surface area contributed by atoms with Crippen LogP contribution in [0.2, 0.25) is 4.34 Å². The Morgan fingerprint density at radius 2 is 2.20 bits per heavy atom. The number of thiophene rings is 1. The van der Waals surface area contributed by atoms with Crippen LogP contribution in [0.1, 0.15) is 10.4 Å². The highest BCUT2D eigenvalue weighted by atomic mass is 35.5. The van der Waals surface area contributed by atoms with Crippen LogP contribution in [0.15, 0.2) is 36.7 Å². The van der Waals surface area contributed by atoms with Crippen LogP contribution in [0.5, 0.6) is 0 Å². The molecule has 0 aliphatic rings. The molecular formula is C13H12ClN5S. The molecule has 0 radical (unpaired) electrons. The normalized spacial score (nSPS) is 10.7. The molecule has 1 aromatic carbocycles. The number of benzene rings is 1. The van der Waals surface area contributed by atoms with Crippen molar-refractivity contribution in [1.82, 2.24) is 20.2 Å². The van der Waals surface area contributed by atoms with E-state index in [1.165, 1.54) is 4.88 Å². The van der Waals surface area contributed by atoms with Gasteiger partial charge in [-0.25, -0.2) is 4.68 Å². The Hall–Kier alpha value is -1.92. The van der Waals surface area contributed by atoms with Crippen molar-refractivity contribution in [2.45, 2.75) is 13.5 Å². The predicted molar refractivity (Wildman–Crippen MR) is 80.5 cm³/mol. The fraction of sp³-hybridized carbons (Fsp3) is 0.154. The molecule has 0 atom stereocenters. The van der Waals surface area contributed by atoms with Crippen molar-refractivity contribution in [1.29, 1.82) is 0 Å². The van der Waals surface area contributed by atoms with E-state index in [1.807, 2.05) is 31.2 Å². The van der Waals surface area contributed by atoms with Crippen molar-refractivity contribution in [2.75, 3.05) is 5.32 Å². The zero-order chi connectivity index (χ0) is 13.9. The Morgan fingerprint density at radius 1 is 1.30 bits per heavy atom. The molecule has 0 amide bonds. The second kappa shape index (κ2) is 5.60. The fourth-order valence-corrected chi connectivity index (χ4v) is 2.96. The van der Waals surface area contributed by atoms with Gasteiger partial charge in [-0.1, -0.05) is 11.6 Å². The van der Waals surface area contributed by atoms with Gasteiger partial charge >= 0.3 is 0 Å². The van der Waals surface area contributed by atoms with Gasteiger partial charge in [0.1, 0.15) is 6.33 Å². The predicted octanol–water partition coefficient (Wildman–Crippen LogP) is 3.30. The maximum absolute atomic E-state index is 5.91. The average Bonchev–Trinajstić information content (AvgIpc) is 3.08. The molecule has 0 fully saturated rings. The van der Waals surface area contributed by atoms with E-state index in [0.29, 0.717) is 0 Å². The minimum Gasteiger partial charge on any atom is -0.380 e. The minimum absolute atomic E-state index is 0.765. The van der Waals surface area contributed by atoms with Gasteiger partial charge < -0.3 is 5.32 Å². The molecular weight excluding hydrogens is 294 g/mol. The van der Waals surface area contributed by atoms with Crippen molar-refractivity contribution < 1.29 is 0 Å². The van der Waals surface area contributed by atoms with Crippen LogP contribution < -0.4 is 5.32 Å². The van der Waals surface area contributed by atoms with E-state index in [-0.39, 0.29) is 0 Å². The molecule has 0 unspecified atom stereocenters. The summed E-state index contributed by atoms with van der Waals surface area (Å²) in [6.07, 6.45) is 1.59. The number of rotatable bonds is 4. The summed E-state index contributed by atoms with van der Waals surface area (Å²) in [5.74, 6) is 0. The Balaban J connectivity index is 1.74. The molecule has 7 heteroatoms. The lowest BCUT2D eigenvalue weighted by Crippen LogP contribution is -2.01. The smallest absolute Gasteiger partial charge is 0.143 e.